The van der Waals surface area contributed by atoms with E-state index in [2.05, 4.69) is 44.2 Å². The second kappa shape index (κ2) is 7.80. The van der Waals surface area contributed by atoms with Crippen molar-refractivity contribution in [3.05, 3.63) is 35.9 Å². The van der Waals surface area contributed by atoms with Gasteiger partial charge in [-0.05, 0) is 49.5 Å². The molecule has 3 unspecified atom stereocenters. The molecule has 0 bridgehead atoms. The van der Waals surface area contributed by atoms with Gasteiger partial charge in [0, 0.05) is 6.61 Å². The molecule has 3 atom stereocenters. The smallest absolute Gasteiger partial charge is 0.0839 e. The van der Waals surface area contributed by atoms with Crippen molar-refractivity contribution in [1.29, 1.82) is 0 Å². The molecule has 1 aliphatic carbocycles. The first-order chi connectivity index (χ1) is 9.66. The first kappa shape index (κ1) is 15.5. The van der Waals surface area contributed by atoms with E-state index in [0.29, 0.717) is 5.92 Å². The second-order valence-corrected chi connectivity index (χ2v) is 6.43. The van der Waals surface area contributed by atoms with Crippen LogP contribution in [0.15, 0.2) is 30.3 Å². The summed E-state index contributed by atoms with van der Waals surface area (Å²) < 4.78 is 5.95. The minimum atomic E-state index is -0.283. The maximum absolute atomic E-state index is 10.1. The van der Waals surface area contributed by atoms with Gasteiger partial charge in [0.15, 0.2) is 0 Å². The molecule has 1 aromatic rings. The van der Waals surface area contributed by atoms with Crippen LogP contribution in [0.2, 0.25) is 0 Å². The van der Waals surface area contributed by atoms with Crippen LogP contribution in [0.5, 0.6) is 0 Å². The maximum atomic E-state index is 10.1. The van der Waals surface area contributed by atoms with Gasteiger partial charge in [0.25, 0.3) is 0 Å². The summed E-state index contributed by atoms with van der Waals surface area (Å²) in [4.78, 5) is 0. The Balaban J connectivity index is 1.82. The van der Waals surface area contributed by atoms with Gasteiger partial charge in [-0.3, -0.25) is 0 Å². The number of hydrogen-bond acceptors (Lipinski definition) is 2. The lowest BCUT2D eigenvalue weighted by atomic mass is 9.81. The van der Waals surface area contributed by atoms with Crippen LogP contribution in [0, 0.1) is 5.92 Å². The minimum Gasteiger partial charge on any atom is -0.390 e. The highest BCUT2D eigenvalue weighted by atomic mass is 16.5. The molecule has 0 saturated heterocycles. The SMILES string of the molecule is CC(C)CCCOC1CC(c2ccccc2)CCC1O. The molecule has 1 aliphatic rings. The van der Waals surface area contributed by atoms with Crippen LogP contribution >= 0.6 is 0 Å². The van der Waals surface area contributed by atoms with Crippen LogP contribution in [0.4, 0.5) is 0 Å². The Hall–Kier alpha value is -0.860. The molecule has 2 heteroatoms. The molecule has 1 aromatic carbocycles. The lowest BCUT2D eigenvalue weighted by molar-refractivity contribution is -0.0645. The highest BCUT2D eigenvalue weighted by Gasteiger charge is 2.30. The minimum absolute atomic E-state index is 0.0149. The quantitative estimate of drug-likeness (QED) is 0.791. The van der Waals surface area contributed by atoms with Crippen LogP contribution in [-0.2, 0) is 4.74 Å². The number of benzene rings is 1. The Labute approximate surface area is 123 Å². The zero-order valence-electron chi connectivity index (χ0n) is 12.8. The molecule has 2 rings (SSSR count). The van der Waals surface area contributed by atoms with Crippen molar-refractivity contribution in [2.24, 2.45) is 5.92 Å². The third-order valence-corrected chi connectivity index (χ3v) is 4.29. The summed E-state index contributed by atoms with van der Waals surface area (Å²) in [6, 6.07) is 10.6. The van der Waals surface area contributed by atoms with Gasteiger partial charge in [0.05, 0.1) is 12.2 Å². The van der Waals surface area contributed by atoms with Gasteiger partial charge in [-0.2, -0.15) is 0 Å². The summed E-state index contributed by atoms with van der Waals surface area (Å²) in [6.07, 6.45) is 4.90. The van der Waals surface area contributed by atoms with Crippen LogP contribution in [0.3, 0.4) is 0 Å². The van der Waals surface area contributed by atoms with Gasteiger partial charge in [0.1, 0.15) is 0 Å². The van der Waals surface area contributed by atoms with Gasteiger partial charge < -0.3 is 9.84 Å². The molecule has 112 valence electrons. The largest absolute Gasteiger partial charge is 0.390 e. The van der Waals surface area contributed by atoms with E-state index < -0.39 is 0 Å². The molecule has 0 aromatic heterocycles. The fourth-order valence-corrected chi connectivity index (χ4v) is 3.05. The van der Waals surface area contributed by atoms with Crippen molar-refractivity contribution in [3.8, 4) is 0 Å². The van der Waals surface area contributed by atoms with Crippen LogP contribution in [0.25, 0.3) is 0 Å². The molecule has 0 amide bonds. The second-order valence-electron chi connectivity index (χ2n) is 6.43. The van der Waals surface area contributed by atoms with E-state index in [1.54, 1.807) is 0 Å². The van der Waals surface area contributed by atoms with Crippen molar-refractivity contribution < 1.29 is 9.84 Å². The Bertz CT molecular complexity index is 374. The predicted molar refractivity (Wildman–Crippen MR) is 82.9 cm³/mol. The molecule has 0 spiro atoms. The zero-order valence-corrected chi connectivity index (χ0v) is 12.8. The summed E-state index contributed by atoms with van der Waals surface area (Å²) in [5, 5.41) is 10.1. The average molecular weight is 276 g/mol. The predicted octanol–water partition coefficient (Wildman–Crippen LogP) is 4.14. The number of rotatable bonds is 6. The Morgan fingerprint density at radius 2 is 1.95 bits per heavy atom. The Morgan fingerprint density at radius 3 is 2.65 bits per heavy atom. The number of aliphatic hydroxyl groups is 1. The van der Waals surface area contributed by atoms with Crippen LogP contribution < -0.4 is 0 Å². The monoisotopic (exact) mass is 276 g/mol. The fourth-order valence-electron chi connectivity index (χ4n) is 3.05. The molecule has 20 heavy (non-hydrogen) atoms. The highest BCUT2D eigenvalue weighted by molar-refractivity contribution is 5.20. The number of aliphatic hydroxyl groups excluding tert-OH is 1. The van der Waals surface area contributed by atoms with E-state index in [4.69, 9.17) is 4.74 Å². The van der Waals surface area contributed by atoms with E-state index in [1.165, 1.54) is 12.0 Å². The van der Waals surface area contributed by atoms with E-state index in [0.717, 1.165) is 38.2 Å². The first-order valence-corrected chi connectivity index (χ1v) is 8.01. The lowest BCUT2D eigenvalue weighted by Crippen LogP contribution is -2.35. The van der Waals surface area contributed by atoms with Gasteiger partial charge in [-0.1, -0.05) is 44.2 Å². The fraction of sp³-hybridized carbons (Fsp3) is 0.667. The summed E-state index contributed by atoms with van der Waals surface area (Å²) in [5.74, 6) is 1.27. The molecule has 0 aliphatic heterocycles. The van der Waals surface area contributed by atoms with E-state index in [9.17, 15) is 5.11 Å². The molecular weight excluding hydrogens is 248 g/mol. The Morgan fingerprint density at radius 1 is 1.20 bits per heavy atom. The lowest BCUT2D eigenvalue weighted by Gasteiger charge is -2.33. The van der Waals surface area contributed by atoms with E-state index in [-0.39, 0.29) is 12.2 Å². The summed E-state index contributed by atoms with van der Waals surface area (Å²) >= 11 is 0. The van der Waals surface area contributed by atoms with Gasteiger partial charge in [-0.25, -0.2) is 0 Å². The maximum Gasteiger partial charge on any atom is 0.0839 e. The van der Waals surface area contributed by atoms with E-state index in [1.807, 2.05) is 0 Å². The van der Waals surface area contributed by atoms with Crippen LogP contribution in [-0.4, -0.2) is 23.9 Å². The topological polar surface area (TPSA) is 29.5 Å². The number of ether oxygens (including phenoxy) is 1. The average Bonchev–Trinajstić information content (AvgIpc) is 2.46. The van der Waals surface area contributed by atoms with Gasteiger partial charge >= 0.3 is 0 Å². The van der Waals surface area contributed by atoms with Crippen molar-refractivity contribution >= 4 is 0 Å². The molecule has 1 N–H and O–H groups in total. The zero-order chi connectivity index (χ0) is 14.4. The molecule has 0 heterocycles. The highest BCUT2D eigenvalue weighted by Crippen LogP contribution is 2.34. The van der Waals surface area contributed by atoms with Gasteiger partial charge in [0.2, 0.25) is 0 Å². The third-order valence-electron chi connectivity index (χ3n) is 4.29. The van der Waals surface area contributed by atoms with Gasteiger partial charge in [-0.15, -0.1) is 0 Å². The van der Waals surface area contributed by atoms with Crippen LogP contribution in [0.1, 0.15) is 57.4 Å². The summed E-state index contributed by atoms with van der Waals surface area (Å²) in [5.41, 5.74) is 1.38. The molecule has 1 saturated carbocycles. The van der Waals surface area contributed by atoms with Crippen molar-refractivity contribution in [3.63, 3.8) is 0 Å². The number of hydrogen-bond donors (Lipinski definition) is 1. The summed E-state index contributed by atoms with van der Waals surface area (Å²) in [7, 11) is 0. The molecule has 2 nitrogen and oxygen atoms in total. The molecular formula is C18H28O2. The van der Waals surface area contributed by atoms with Crippen molar-refractivity contribution in [1.82, 2.24) is 0 Å². The third kappa shape index (κ3) is 4.60. The standard InChI is InChI=1S/C18H28O2/c1-14(2)7-6-12-20-18-13-16(10-11-17(18)19)15-8-4-3-5-9-15/h3-5,8-9,14,16-19H,6-7,10-13H2,1-2H3. The normalized spacial score (nSPS) is 26.9. The first-order valence-electron chi connectivity index (χ1n) is 8.01. The van der Waals surface area contributed by atoms with E-state index >= 15 is 0 Å². The van der Waals surface area contributed by atoms with Crippen molar-refractivity contribution in [2.45, 2.75) is 64.1 Å². The van der Waals surface area contributed by atoms with Crippen molar-refractivity contribution in [2.75, 3.05) is 6.61 Å². The Kier molecular flexibility index (Phi) is 6.06. The molecule has 1 fully saturated rings. The summed E-state index contributed by atoms with van der Waals surface area (Å²) in [6.45, 7) is 5.25. The molecule has 0 radical (unpaired) electrons.